The molecule has 0 spiro atoms. The van der Waals surface area contributed by atoms with Gasteiger partial charge in [0, 0.05) is 22.6 Å². The van der Waals surface area contributed by atoms with Crippen LogP contribution in [0.3, 0.4) is 0 Å². The van der Waals surface area contributed by atoms with Gasteiger partial charge in [-0.05, 0) is 44.0 Å². The Morgan fingerprint density at radius 2 is 1.96 bits per heavy atom. The third-order valence-corrected chi connectivity index (χ3v) is 4.79. The van der Waals surface area contributed by atoms with E-state index in [2.05, 4.69) is 17.2 Å². The van der Waals surface area contributed by atoms with Gasteiger partial charge in [-0.2, -0.15) is 0 Å². The number of ether oxygens (including phenoxy) is 1. The summed E-state index contributed by atoms with van der Waals surface area (Å²) in [6.07, 6.45) is 1.56. The molecule has 0 aliphatic carbocycles. The standard InChI is InChI=1S/C21H21ClN2O2/c1-4-26-21(25)17-12-23-19-13(2)18(22)11-10-16(19)20(17)24-14(3)15-8-6-5-7-9-15/h5-12,14H,4H2,1-3H3,(H,23,24). The number of nitrogens with one attached hydrogen (secondary N) is 1. The van der Waals surface area contributed by atoms with Crippen LogP contribution in [0.15, 0.2) is 48.7 Å². The first-order valence-corrected chi connectivity index (χ1v) is 8.97. The topological polar surface area (TPSA) is 51.2 Å². The van der Waals surface area contributed by atoms with Crippen LogP contribution in [0.1, 0.15) is 41.4 Å². The Morgan fingerprint density at radius 1 is 1.23 bits per heavy atom. The SMILES string of the molecule is CCOC(=O)c1cnc2c(C)c(Cl)ccc2c1NC(C)c1ccccc1. The Bertz CT molecular complexity index is 942. The van der Waals surface area contributed by atoms with Gasteiger partial charge in [0.15, 0.2) is 0 Å². The normalized spacial score (nSPS) is 12.0. The van der Waals surface area contributed by atoms with Gasteiger partial charge >= 0.3 is 5.97 Å². The fourth-order valence-corrected chi connectivity index (χ4v) is 3.10. The first-order chi connectivity index (χ1) is 12.5. The predicted octanol–water partition coefficient (Wildman–Crippen LogP) is 5.55. The van der Waals surface area contributed by atoms with E-state index in [0.29, 0.717) is 22.9 Å². The molecule has 3 rings (SSSR count). The number of hydrogen-bond donors (Lipinski definition) is 1. The molecule has 4 nitrogen and oxygen atoms in total. The largest absolute Gasteiger partial charge is 0.462 e. The smallest absolute Gasteiger partial charge is 0.341 e. The maximum Gasteiger partial charge on any atom is 0.341 e. The molecule has 1 N–H and O–H groups in total. The second-order valence-electron chi connectivity index (χ2n) is 6.11. The van der Waals surface area contributed by atoms with E-state index in [-0.39, 0.29) is 6.04 Å². The molecule has 0 amide bonds. The van der Waals surface area contributed by atoms with Gasteiger partial charge in [0.25, 0.3) is 0 Å². The summed E-state index contributed by atoms with van der Waals surface area (Å²) in [5.41, 5.74) is 3.91. The third-order valence-electron chi connectivity index (χ3n) is 4.38. The van der Waals surface area contributed by atoms with Crippen LogP contribution < -0.4 is 5.32 Å². The van der Waals surface area contributed by atoms with E-state index in [1.54, 1.807) is 13.1 Å². The molecule has 26 heavy (non-hydrogen) atoms. The van der Waals surface area contributed by atoms with E-state index in [4.69, 9.17) is 16.3 Å². The first-order valence-electron chi connectivity index (χ1n) is 8.59. The van der Waals surface area contributed by atoms with Crippen LogP contribution in [-0.2, 0) is 4.74 Å². The Hall–Kier alpha value is -2.59. The monoisotopic (exact) mass is 368 g/mol. The Balaban J connectivity index is 2.14. The highest BCUT2D eigenvalue weighted by molar-refractivity contribution is 6.32. The van der Waals surface area contributed by atoms with Gasteiger partial charge in [0.1, 0.15) is 5.56 Å². The van der Waals surface area contributed by atoms with E-state index < -0.39 is 5.97 Å². The van der Waals surface area contributed by atoms with E-state index in [9.17, 15) is 4.79 Å². The highest BCUT2D eigenvalue weighted by Gasteiger charge is 2.20. The number of hydrogen-bond acceptors (Lipinski definition) is 4. The van der Waals surface area contributed by atoms with E-state index in [1.165, 1.54) is 0 Å². The number of fused-ring (bicyclic) bond motifs is 1. The van der Waals surface area contributed by atoms with Crippen molar-refractivity contribution in [2.75, 3.05) is 11.9 Å². The molecule has 0 bridgehead atoms. The average molecular weight is 369 g/mol. The van der Waals surface area contributed by atoms with Crippen molar-refractivity contribution in [2.24, 2.45) is 0 Å². The number of carbonyl (C=O) groups excluding carboxylic acids is 1. The van der Waals surface area contributed by atoms with Crippen molar-refractivity contribution in [3.05, 3.63) is 70.4 Å². The molecule has 1 unspecified atom stereocenters. The summed E-state index contributed by atoms with van der Waals surface area (Å²) in [7, 11) is 0. The van der Waals surface area contributed by atoms with Crippen LogP contribution in [-0.4, -0.2) is 17.6 Å². The van der Waals surface area contributed by atoms with Crippen LogP contribution in [0.5, 0.6) is 0 Å². The Kier molecular flexibility index (Phi) is 5.43. The number of nitrogens with zero attached hydrogens (tertiary/aromatic N) is 1. The molecule has 1 heterocycles. The summed E-state index contributed by atoms with van der Waals surface area (Å²) in [6, 6.07) is 13.8. The van der Waals surface area contributed by atoms with Crippen molar-refractivity contribution >= 4 is 34.2 Å². The van der Waals surface area contributed by atoms with Crippen LogP contribution in [0.25, 0.3) is 10.9 Å². The number of benzene rings is 2. The molecule has 0 saturated carbocycles. The summed E-state index contributed by atoms with van der Waals surface area (Å²) in [6.45, 7) is 6.08. The average Bonchev–Trinajstić information content (AvgIpc) is 2.65. The van der Waals surface area contributed by atoms with Crippen molar-refractivity contribution in [1.82, 2.24) is 4.98 Å². The fourth-order valence-electron chi connectivity index (χ4n) is 2.94. The molecule has 134 valence electrons. The highest BCUT2D eigenvalue weighted by Crippen LogP contribution is 2.33. The lowest BCUT2D eigenvalue weighted by molar-refractivity contribution is 0.0527. The van der Waals surface area contributed by atoms with Crippen LogP contribution >= 0.6 is 11.6 Å². The van der Waals surface area contributed by atoms with E-state index >= 15 is 0 Å². The van der Waals surface area contributed by atoms with Crippen molar-refractivity contribution in [3.63, 3.8) is 0 Å². The van der Waals surface area contributed by atoms with Crippen LogP contribution in [0, 0.1) is 6.92 Å². The fraction of sp³-hybridized carbons (Fsp3) is 0.238. The van der Waals surface area contributed by atoms with Gasteiger partial charge in [0.05, 0.1) is 17.8 Å². The number of aryl methyl sites for hydroxylation is 1. The van der Waals surface area contributed by atoms with Gasteiger partial charge in [0.2, 0.25) is 0 Å². The first kappa shape index (κ1) is 18.2. The summed E-state index contributed by atoms with van der Waals surface area (Å²) in [4.78, 5) is 16.9. The summed E-state index contributed by atoms with van der Waals surface area (Å²) >= 11 is 6.24. The lowest BCUT2D eigenvalue weighted by Crippen LogP contribution is -2.14. The molecular weight excluding hydrogens is 348 g/mol. The van der Waals surface area contributed by atoms with Gasteiger partial charge in [-0.15, -0.1) is 0 Å². The van der Waals surface area contributed by atoms with Crippen molar-refractivity contribution in [3.8, 4) is 0 Å². The summed E-state index contributed by atoms with van der Waals surface area (Å²) in [5.74, 6) is -0.391. The number of halogens is 1. The lowest BCUT2D eigenvalue weighted by Gasteiger charge is -2.20. The molecule has 1 aromatic heterocycles. The Labute approximate surface area is 158 Å². The number of carbonyl (C=O) groups is 1. The van der Waals surface area contributed by atoms with E-state index in [1.807, 2.05) is 49.4 Å². The van der Waals surface area contributed by atoms with Crippen LogP contribution in [0.4, 0.5) is 5.69 Å². The van der Waals surface area contributed by atoms with Gasteiger partial charge < -0.3 is 10.1 Å². The summed E-state index contributed by atoms with van der Waals surface area (Å²) in [5, 5.41) is 4.97. The van der Waals surface area contributed by atoms with E-state index in [0.717, 1.165) is 22.0 Å². The third kappa shape index (κ3) is 3.51. The highest BCUT2D eigenvalue weighted by atomic mass is 35.5. The molecule has 0 aliphatic rings. The molecule has 5 heteroatoms. The van der Waals surface area contributed by atoms with Gasteiger partial charge in [-0.25, -0.2) is 4.79 Å². The second kappa shape index (κ2) is 7.75. The predicted molar refractivity (Wildman–Crippen MR) is 106 cm³/mol. The minimum absolute atomic E-state index is 0.00552. The van der Waals surface area contributed by atoms with Crippen molar-refractivity contribution in [2.45, 2.75) is 26.8 Å². The molecule has 1 atom stereocenters. The number of rotatable bonds is 5. The molecule has 2 aromatic carbocycles. The van der Waals surface area contributed by atoms with Crippen molar-refractivity contribution < 1.29 is 9.53 Å². The zero-order valence-corrected chi connectivity index (χ0v) is 15.8. The number of pyridine rings is 1. The maximum atomic E-state index is 12.5. The molecule has 0 saturated heterocycles. The number of esters is 1. The van der Waals surface area contributed by atoms with Crippen LogP contribution in [0.2, 0.25) is 5.02 Å². The molecule has 3 aromatic rings. The second-order valence-corrected chi connectivity index (χ2v) is 6.52. The van der Waals surface area contributed by atoms with Gasteiger partial charge in [-0.3, -0.25) is 4.98 Å². The Morgan fingerprint density at radius 3 is 2.65 bits per heavy atom. The summed E-state index contributed by atoms with van der Waals surface area (Å²) < 4.78 is 5.21. The molecule has 0 aliphatic heterocycles. The number of anilines is 1. The number of aromatic nitrogens is 1. The molecule has 0 radical (unpaired) electrons. The zero-order chi connectivity index (χ0) is 18.7. The molecule has 0 fully saturated rings. The molecular formula is C21H21ClN2O2. The lowest BCUT2D eigenvalue weighted by atomic mass is 10.0. The van der Waals surface area contributed by atoms with Gasteiger partial charge in [-0.1, -0.05) is 41.9 Å². The minimum Gasteiger partial charge on any atom is -0.462 e. The maximum absolute atomic E-state index is 12.5. The quantitative estimate of drug-likeness (QED) is 0.600. The van der Waals surface area contributed by atoms with Crippen molar-refractivity contribution in [1.29, 1.82) is 0 Å². The zero-order valence-electron chi connectivity index (χ0n) is 15.0. The minimum atomic E-state index is -0.391.